The van der Waals surface area contributed by atoms with Gasteiger partial charge >= 0.3 is 6.09 Å². The molecule has 0 saturated heterocycles. The van der Waals surface area contributed by atoms with E-state index in [0.717, 1.165) is 5.56 Å². The number of fused-ring (bicyclic) bond motifs is 1. The highest BCUT2D eigenvalue weighted by Crippen LogP contribution is 2.47. The summed E-state index contributed by atoms with van der Waals surface area (Å²) in [6.07, 6.45) is -0.470. The molecule has 1 amide bonds. The van der Waals surface area contributed by atoms with Crippen LogP contribution in [0.1, 0.15) is 31.0 Å². The number of benzene rings is 2. The molecular formula is C19H19ClFNO3. The van der Waals surface area contributed by atoms with Crippen molar-refractivity contribution in [2.24, 2.45) is 5.41 Å². The fourth-order valence-electron chi connectivity index (χ4n) is 3.51. The summed E-state index contributed by atoms with van der Waals surface area (Å²) < 4.78 is 19.9. The molecule has 2 aromatic rings. The summed E-state index contributed by atoms with van der Waals surface area (Å²) in [4.78, 5) is 11.1. The van der Waals surface area contributed by atoms with Gasteiger partial charge in [-0.25, -0.2) is 9.18 Å². The Kier molecular flexibility index (Phi) is 4.37. The summed E-state index contributed by atoms with van der Waals surface area (Å²) in [5.74, 6) is 0.169. The molecule has 3 rings (SSSR count). The average Bonchev–Trinajstić information content (AvgIpc) is 2.76. The lowest BCUT2D eigenvalue weighted by Crippen LogP contribution is -2.34. The molecule has 1 aliphatic rings. The maximum atomic E-state index is 14.8. The first kappa shape index (κ1) is 17.5. The van der Waals surface area contributed by atoms with Gasteiger partial charge < -0.3 is 15.2 Å². The molecular weight excluding hydrogens is 345 g/mol. The van der Waals surface area contributed by atoms with Crippen LogP contribution in [-0.4, -0.2) is 18.3 Å². The molecule has 6 heteroatoms. The molecule has 25 heavy (non-hydrogen) atoms. The molecule has 0 heterocycles. The Labute approximate surface area is 150 Å². The lowest BCUT2D eigenvalue weighted by atomic mass is 9.85. The standard InChI is InChI=1S/C19H19ClFNO3/c1-19(2)9-10-6-14(12-5-4-11(25-3)7-15(12)20)16(21)8-13(10)17(19)22-18(23)24/h4-8,17,22H,9H2,1-3H3,(H,23,24). The van der Waals surface area contributed by atoms with E-state index in [4.69, 9.17) is 21.4 Å². The van der Waals surface area contributed by atoms with Crippen molar-refractivity contribution in [3.63, 3.8) is 0 Å². The van der Waals surface area contributed by atoms with E-state index in [1.807, 2.05) is 13.8 Å². The van der Waals surface area contributed by atoms with Crippen LogP contribution in [-0.2, 0) is 6.42 Å². The predicted molar refractivity (Wildman–Crippen MR) is 94.8 cm³/mol. The Hall–Kier alpha value is -2.27. The van der Waals surface area contributed by atoms with Gasteiger partial charge in [-0.1, -0.05) is 25.4 Å². The Morgan fingerprint density at radius 2 is 2.04 bits per heavy atom. The number of methoxy groups -OCH3 is 1. The van der Waals surface area contributed by atoms with Crippen molar-refractivity contribution in [3.8, 4) is 16.9 Å². The maximum absolute atomic E-state index is 14.8. The molecule has 0 aromatic heterocycles. The molecule has 0 aliphatic heterocycles. The maximum Gasteiger partial charge on any atom is 0.405 e. The van der Waals surface area contributed by atoms with Gasteiger partial charge in [0.2, 0.25) is 0 Å². The molecule has 0 fully saturated rings. The van der Waals surface area contributed by atoms with Gasteiger partial charge in [-0.2, -0.15) is 0 Å². The second-order valence-corrected chi connectivity index (χ2v) is 7.33. The number of carbonyl (C=O) groups is 1. The summed E-state index contributed by atoms with van der Waals surface area (Å²) in [5.41, 5.74) is 2.24. The Morgan fingerprint density at radius 1 is 1.32 bits per heavy atom. The minimum Gasteiger partial charge on any atom is -0.497 e. The summed E-state index contributed by atoms with van der Waals surface area (Å²) in [5, 5.41) is 12.0. The Morgan fingerprint density at radius 3 is 2.64 bits per heavy atom. The van der Waals surface area contributed by atoms with Crippen molar-refractivity contribution in [3.05, 3.63) is 52.3 Å². The van der Waals surface area contributed by atoms with Gasteiger partial charge in [0.05, 0.1) is 18.2 Å². The molecule has 132 valence electrons. The van der Waals surface area contributed by atoms with Gasteiger partial charge in [-0.3, -0.25) is 0 Å². The minimum atomic E-state index is -1.12. The first-order valence-corrected chi connectivity index (χ1v) is 8.26. The van der Waals surface area contributed by atoms with E-state index in [1.54, 1.807) is 31.4 Å². The molecule has 1 unspecified atom stereocenters. The van der Waals surface area contributed by atoms with Crippen LogP contribution in [0.3, 0.4) is 0 Å². The molecule has 2 aromatic carbocycles. The zero-order valence-corrected chi connectivity index (χ0v) is 14.9. The summed E-state index contributed by atoms with van der Waals surface area (Å²) in [6.45, 7) is 3.93. The van der Waals surface area contributed by atoms with E-state index >= 15 is 0 Å². The van der Waals surface area contributed by atoms with Crippen molar-refractivity contribution in [1.82, 2.24) is 5.32 Å². The van der Waals surface area contributed by atoms with Gasteiger partial charge in [0.1, 0.15) is 11.6 Å². The average molecular weight is 364 g/mol. The van der Waals surface area contributed by atoms with Crippen LogP contribution in [0.15, 0.2) is 30.3 Å². The Balaban J connectivity index is 2.08. The molecule has 0 saturated carbocycles. The van der Waals surface area contributed by atoms with E-state index in [9.17, 15) is 9.18 Å². The zero-order chi connectivity index (χ0) is 18.4. The second kappa shape index (κ2) is 6.23. The number of amides is 1. The highest BCUT2D eigenvalue weighted by Gasteiger charge is 2.40. The van der Waals surface area contributed by atoms with Gasteiger partial charge in [0.25, 0.3) is 0 Å². The SMILES string of the molecule is COc1ccc(-c2cc3c(cc2F)C(NC(=O)O)C(C)(C)C3)c(Cl)c1. The van der Waals surface area contributed by atoms with E-state index in [0.29, 0.717) is 33.9 Å². The second-order valence-electron chi connectivity index (χ2n) is 6.92. The van der Waals surface area contributed by atoms with Gasteiger partial charge in [-0.15, -0.1) is 0 Å². The molecule has 4 nitrogen and oxygen atoms in total. The molecule has 1 atom stereocenters. The van der Waals surface area contributed by atoms with E-state index in [2.05, 4.69) is 5.32 Å². The largest absolute Gasteiger partial charge is 0.497 e. The van der Waals surface area contributed by atoms with Crippen molar-refractivity contribution < 1.29 is 19.0 Å². The first-order valence-electron chi connectivity index (χ1n) is 7.88. The van der Waals surface area contributed by atoms with E-state index < -0.39 is 18.0 Å². The third kappa shape index (κ3) is 3.16. The third-order valence-electron chi connectivity index (χ3n) is 4.70. The van der Waals surface area contributed by atoms with Crippen LogP contribution in [0, 0.1) is 11.2 Å². The number of halogens is 2. The summed E-state index contributed by atoms with van der Waals surface area (Å²) in [7, 11) is 1.54. The molecule has 0 spiro atoms. The molecule has 0 bridgehead atoms. The molecule has 1 aliphatic carbocycles. The number of hydrogen-bond donors (Lipinski definition) is 2. The number of rotatable bonds is 3. The van der Waals surface area contributed by atoms with Gasteiger partial charge in [0, 0.05) is 11.1 Å². The third-order valence-corrected chi connectivity index (χ3v) is 5.01. The van der Waals surface area contributed by atoms with Crippen LogP contribution < -0.4 is 10.1 Å². The van der Waals surface area contributed by atoms with Crippen LogP contribution in [0.2, 0.25) is 5.02 Å². The molecule has 0 radical (unpaired) electrons. The van der Waals surface area contributed by atoms with Crippen LogP contribution in [0.5, 0.6) is 5.75 Å². The highest BCUT2D eigenvalue weighted by atomic mass is 35.5. The summed E-state index contributed by atoms with van der Waals surface area (Å²) >= 11 is 6.28. The van der Waals surface area contributed by atoms with Gasteiger partial charge in [0.15, 0.2) is 0 Å². The van der Waals surface area contributed by atoms with Crippen LogP contribution in [0.25, 0.3) is 11.1 Å². The summed E-state index contributed by atoms with van der Waals surface area (Å²) in [6, 6.07) is 7.83. The van der Waals surface area contributed by atoms with Crippen molar-refractivity contribution in [2.45, 2.75) is 26.3 Å². The predicted octanol–water partition coefficient (Wildman–Crippen LogP) is 5.05. The zero-order valence-electron chi connectivity index (χ0n) is 14.2. The van der Waals surface area contributed by atoms with Crippen LogP contribution in [0.4, 0.5) is 9.18 Å². The lowest BCUT2D eigenvalue weighted by molar-refractivity contribution is 0.175. The minimum absolute atomic E-state index is 0.338. The quantitative estimate of drug-likeness (QED) is 0.802. The van der Waals surface area contributed by atoms with Gasteiger partial charge in [-0.05, 0) is 53.3 Å². The topological polar surface area (TPSA) is 58.6 Å². The fourth-order valence-corrected chi connectivity index (χ4v) is 3.79. The van der Waals surface area contributed by atoms with Crippen LogP contribution >= 0.6 is 11.6 Å². The first-order chi connectivity index (χ1) is 11.7. The Bertz CT molecular complexity index is 851. The van der Waals surface area contributed by atoms with Crippen molar-refractivity contribution in [1.29, 1.82) is 0 Å². The van der Waals surface area contributed by atoms with Crippen molar-refractivity contribution >= 4 is 17.7 Å². The van der Waals surface area contributed by atoms with Crippen molar-refractivity contribution in [2.75, 3.05) is 7.11 Å². The molecule has 2 N–H and O–H groups in total. The highest BCUT2D eigenvalue weighted by molar-refractivity contribution is 6.33. The number of carboxylic acid groups (broad SMARTS) is 1. The van der Waals surface area contributed by atoms with E-state index in [-0.39, 0.29) is 5.41 Å². The number of nitrogens with one attached hydrogen (secondary N) is 1. The number of ether oxygens (including phenoxy) is 1. The number of hydrogen-bond acceptors (Lipinski definition) is 2. The lowest BCUT2D eigenvalue weighted by Gasteiger charge is -2.27. The fraction of sp³-hybridized carbons (Fsp3) is 0.316. The van der Waals surface area contributed by atoms with E-state index in [1.165, 1.54) is 6.07 Å². The monoisotopic (exact) mass is 363 g/mol. The smallest absolute Gasteiger partial charge is 0.405 e. The normalized spacial score (nSPS) is 17.9.